The van der Waals surface area contributed by atoms with Crippen LogP contribution in [0.5, 0.6) is 0 Å². The summed E-state index contributed by atoms with van der Waals surface area (Å²) in [4.78, 5) is 30.7. The van der Waals surface area contributed by atoms with Gasteiger partial charge in [-0.25, -0.2) is 0 Å². The molecule has 0 aromatic carbocycles. The fraction of sp³-hybridized carbons (Fsp3) is 0.706. The molecule has 2 aliphatic carbocycles. The number of hydrogen-bond donors (Lipinski definition) is 2. The fourth-order valence-corrected chi connectivity index (χ4v) is 4.06. The molecule has 23 heavy (non-hydrogen) atoms. The maximum atomic E-state index is 12.5. The first kappa shape index (κ1) is 16.0. The van der Waals surface area contributed by atoms with Crippen molar-refractivity contribution in [2.24, 2.45) is 34.4 Å². The number of nitrogens with one attached hydrogen (secondary N) is 1. The summed E-state index contributed by atoms with van der Waals surface area (Å²) < 4.78 is 0. The van der Waals surface area contributed by atoms with Gasteiger partial charge in [-0.3, -0.25) is 19.5 Å². The molecule has 0 spiro atoms. The zero-order chi connectivity index (χ0) is 16.4. The summed E-state index contributed by atoms with van der Waals surface area (Å²) in [6.45, 7) is 3.93. The molecule has 1 saturated heterocycles. The summed E-state index contributed by atoms with van der Waals surface area (Å²) in [5.74, 6) is 0.857. The lowest BCUT2D eigenvalue weighted by Crippen LogP contribution is -2.35. The fourth-order valence-electron chi connectivity index (χ4n) is 4.06. The van der Waals surface area contributed by atoms with E-state index in [1.54, 1.807) is 0 Å². The van der Waals surface area contributed by atoms with Gasteiger partial charge in [0.25, 0.3) is 0 Å². The highest BCUT2D eigenvalue weighted by Crippen LogP contribution is 2.52. The molecule has 2 fully saturated rings. The number of unbranched alkanes of at least 4 members (excludes halogenated alkanes) is 1. The number of nitrogens with zero attached hydrogens (tertiary/aromatic N) is 2. The SMILES string of the molecule is CCCCNC(N)=NCCCN1C(=O)C2C3C=CC(C3)C2C1=O. The van der Waals surface area contributed by atoms with E-state index in [4.69, 9.17) is 5.73 Å². The molecule has 0 radical (unpaired) electrons. The molecular formula is C17H26N4O2. The number of carbonyl (C=O) groups excluding carboxylic acids is 2. The first-order valence-electron chi connectivity index (χ1n) is 8.70. The van der Waals surface area contributed by atoms with Gasteiger partial charge in [-0.05, 0) is 31.1 Å². The summed E-state index contributed by atoms with van der Waals surface area (Å²) in [6, 6.07) is 0. The quantitative estimate of drug-likeness (QED) is 0.240. The van der Waals surface area contributed by atoms with E-state index in [2.05, 4.69) is 29.4 Å². The Morgan fingerprint density at radius 3 is 2.52 bits per heavy atom. The number of fused-ring (bicyclic) bond motifs is 5. The molecule has 4 unspecified atom stereocenters. The topological polar surface area (TPSA) is 87.8 Å². The molecule has 6 nitrogen and oxygen atoms in total. The number of hydrogen-bond acceptors (Lipinski definition) is 3. The summed E-state index contributed by atoms with van der Waals surface area (Å²) in [6.07, 6.45) is 8.05. The van der Waals surface area contributed by atoms with Gasteiger partial charge in [-0.15, -0.1) is 0 Å². The van der Waals surface area contributed by atoms with Gasteiger partial charge in [0.1, 0.15) is 0 Å². The monoisotopic (exact) mass is 318 g/mol. The van der Waals surface area contributed by atoms with Crippen LogP contribution in [0.25, 0.3) is 0 Å². The molecule has 0 aromatic heterocycles. The predicted octanol–water partition coefficient (Wildman–Crippen LogP) is 0.888. The molecule has 2 bridgehead atoms. The Morgan fingerprint density at radius 1 is 1.26 bits per heavy atom. The third-order valence-electron chi connectivity index (χ3n) is 5.22. The van der Waals surface area contributed by atoms with Crippen molar-refractivity contribution < 1.29 is 9.59 Å². The van der Waals surface area contributed by atoms with E-state index in [0.717, 1.165) is 25.8 Å². The Kier molecular flexibility index (Phi) is 4.68. The first-order chi connectivity index (χ1) is 11.1. The molecule has 2 amide bonds. The van der Waals surface area contributed by atoms with Crippen molar-refractivity contribution >= 4 is 17.8 Å². The van der Waals surface area contributed by atoms with Gasteiger partial charge in [-0.1, -0.05) is 25.5 Å². The number of allylic oxidation sites excluding steroid dienone is 2. The maximum Gasteiger partial charge on any atom is 0.233 e. The van der Waals surface area contributed by atoms with Crippen molar-refractivity contribution in [2.75, 3.05) is 19.6 Å². The second-order valence-electron chi connectivity index (χ2n) is 6.73. The van der Waals surface area contributed by atoms with Gasteiger partial charge in [-0.2, -0.15) is 0 Å². The average Bonchev–Trinajstić information content (AvgIpc) is 3.20. The molecule has 0 aromatic rings. The van der Waals surface area contributed by atoms with E-state index in [-0.39, 0.29) is 35.5 Å². The highest BCUT2D eigenvalue weighted by Gasteiger charge is 2.58. The van der Waals surface area contributed by atoms with E-state index >= 15 is 0 Å². The van der Waals surface area contributed by atoms with Crippen LogP contribution in [0.3, 0.4) is 0 Å². The molecule has 3 aliphatic rings. The van der Waals surface area contributed by atoms with Crippen molar-refractivity contribution in [2.45, 2.75) is 32.6 Å². The third kappa shape index (κ3) is 2.99. The number of carbonyl (C=O) groups is 2. The minimum absolute atomic E-state index is 0.0230. The van der Waals surface area contributed by atoms with Crippen LogP contribution in [0.15, 0.2) is 17.1 Å². The number of rotatable bonds is 7. The lowest BCUT2D eigenvalue weighted by atomic mass is 9.85. The molecule has 3 N–H and O–H groups in total. The largest absolute Gasteiger partial charge is 0.370 e. The highest BCUT2D eigenvalue weighted by atomic mass is 16.2. The van der Waals surface area contributed by atoms with Crippen LogP contribution in [-0.4, -0.2) is 42.3 Å². The molecule has 6 heteroatoms. The minimum atomic E-state index is -0.0956. The Labute approximate surface area is 137 Å². The number of likely N-dealkylation sites (tertiary alicyclic amines) is 1. The zero-order valence-electron chi connectivity index (χ0n) is 13.7. The van der Waals surface area contributed by atoms with Crippen LogP contribution in [0.4, 0.5) is 0 Å². The van der Waals surface area contributed by atoms with Crippen molar-refractivity contribution in [3.8, 4) is 0 Å². The van der Waals surface area contributed by atoms with Gasteiger partial charge >= 0.3 is 0 Å². The second kappa shape index (κ2) is 6.72. The smallest absolute Gasteiger partial charge is 0.233 e. The molecule has 3 rings (SSSR count). The molecule has 4 atom stereocenters. The van der Waals surface area contributed by atoms with E-state index in [1.165, 1.54) is 4.90 Å². The Balaban J connectivity index is 1.46. The van der Waals surface area contributed by atoms with E-state index in [9.17, 15) is 9.59 Å². The van der Waals surface area contributed by atoms with Crippen molar-refractivity contribution in [3.63, 3.8) is 0 Å². The predicted molar refractivity (Wildman–Crippen MR) is 88.5 cm³/mol. The standard InChI is InChI=1S/C17H26N4O2/c1-2-3-7-19-17(18)20-8-4-9-21-15(22)13-11-5-6-12(10-11)14(13)16(21)23/h5-6,11-14H,2-4,7-10H2,1H3,(H3,18,19,20). The van der Waals surface area contributed by atoms with Crippen molar-refractivity contribution in [1.82, 2.24) is 10.2 Å². The first-order valence-corrected chi connectivity index (χ1v) is 8.70. The van der Waals surface area contributed by atoms with Crippen LogP contribution in [0, 0.1) is 23.7 Å². The molecule has 1 heterocycles. The summed E-state index contributed by atoms with van der Waals surface area (Å²) >= 11 is 0. The molecule has 1 saturated carbocycles. The zero-order valence-corrected chi connectivity index (χ0v) is 13.7. The van der Waals surface area contributed by atoms with Crippen LogP contribution >= 0.6 is 0 Å². The number of amides is 2. The normalized spacial score (nSPS) is 32.0. The van der Waals surface area contributed by atoms with Crippen molar-refractivity contribution in [1.29, 1.82) is 0 Å². The lowest BCUT2D eigenvalue weighted by molar-refractivity contribution is -0.140. The van der Waals surface area contributed by atoms with Gasteiger partial charge in [0.15, 0.2) is 5.96 Å². The number of aliphatic imine (C=N–C) groups is 1. The van der Waals surface area contributed by atoms with Crippen LogP contribution < -0.4 is 11.1 Å². The van der Waals surface area contributed by atoms with E-state index < -0.39 is 0 Å². The Morgan fingerprint density at radius 2 is 1.91 bits per heavy atom. The minimum Gasteiger partial charge on any atom is -0.370 e. The van der Waals surface area contributed by atoms with E-state index in [1.807, 2.05) is 0 Å². The van der Waals surface area contributed by atoms with Crippen LogP contribution in [-0.2, 0) is 9.59 Å². The van der Waals surface area contributed by atoms with Crippen molar-refractivity contribution in [3.05, 3.63) is 12.2 Å². The molecular weight excluding hydrogens is 292 g/mol. The lowest BCUT2D eigenvalue weighted by Gasteiger charge is -2.16. The Bertz CT molecular complexity index is 513. The molecule has 1 aliphatic heterocycles. The summed E-state index contributed by atoms with van der Waals surface area (Å²) in [7, 11) is 0. The Hall–Kier alpha value is -1.85. The number of imide groups is 1. The van der Waals surface area contributed by atoms with Gasteiger partial charge < -0.3 is 11.1 Å². The molecule has 126 valence electrons. The third-order valence-corrected chi connectivity index (χ3v) is 5.22. The summed E-state index contributed by atoms with van der Waals surface area (Å²) in [5.41, 5.74) is 5.77. The number of guanidine groups is 1. The average molecular weight is 318 g/mol. The van der Waals surface area contributed by atoms with Crippen LogP contribution in [0.2, 0.25) is 0 Å². The van der Waals surface area contributed by atoms with Gasteiger partial charge in [0.2, 0.25) is 11.8 Å². The van der Waals surface area contributed by atoms with Crippen LogP contribution in [0.1, 0.15) is 32.6 Å². The second-order valence-corrected chi connectivity index (χ2v) is 6.73. The van der Waals surface area contributed by atoms with E-state index in [0.29, 0.717) is 25.5 Å². The van der Waals surface area contributed by atoms with Gasteiger partial charge in [0, 0.05) is 19.6 Å². The van der Waals surface area contributed by atoms with Gasteiger partial charge in [0.05, 0.1) is 11.8 Å². The highest BCUT2D eigenvalue weighted by molar-refractivity contribution is 6.06. The maximum absolute atomic E-state index is 12.5. The summed E-state index contributed by atoms with van der Waals surface area (Å²) in [5, 5.41) is 3.05. The number of nitrogens with two attached hydrogens (primary N) is 1.